The van der Waals surface area contributed by atoms with Gasteiger partial charge in [-0.3, -0.25) is 14.7 Å². The predicted molar refractivity (Wildman–Crippen MR) is 94.2 cm³/mol. The van der Waals surface area contributed by atoms with E-state index in [0.29, 0.717) is 0 Å². The Morgan fingerprint density at radius 1 is 1.48 bits per heavy atom. The first-order valence-electron chi connectivity index (χ1n) is 8.99. The van der Waals surface area contributed by atoms with E-state index in [2.05, 4.69) is 17.9 Å². The van der Waals surface area contributed by atoms with Gasteiger partial charge in [0, 0.05) is 30.9 Å². The van der Waals surface area contributed by atoms with Crippen LogP contribution in [-0.4, -0.2) is 47.9 Å². The number of aliphatic imine (C=N–C) groups is 1. The number of rotatable bonds is 1. The van der Waals surface area contributed by atoms with Crippen LogP contribution in [0.25, 0.3) is 0 Å². The van der Waals surface area contributed by atoms with Crippen LogP contribution >= 0.6 is 0 Å². The molecule has 2 saturated heterocycles. The fourth-order valence-electron chi connectivity index (χ4n) is 5.81. The second-order valence-corrected chi connectivity index (χ2v) is 7.61. The molecule has 3 bridgehead atoms. The van der Waals surface area contributed by atoms with Crippen LogP contribution in [0.15, 0.2) is 34.8 Å². The number of fused-ring (bicyclic) bond motifs is 2. The van der Waals surface area contributed by atoms with Gasteiger partial charge in [-0.25, -0.2) is 0 Å². The molecule has 25 heavy (non-hydrogen) atoms. The molecule has 1 aromatic rings. The molecule has 5 rings (SSSR count). The molecule has 5 heteroatoms. The smallest absolute Gasteiger partial charge is 0.310 e. The Morgan fingerprint density at radius 2 is 2.32 bits per heavy atom. The van der Waals surface area contributed by atoms with E-state index in [-0.39, 0.29) is 35.0 Å². The fraction of sp³-hybridized carbons (Fsp3) is 0.500. The number of nitrogens with zero attached hydrogens (tertiary/aromatic N) is 2. The number of phenols is 1. The summed E-state index contributed by atoms with van der Waals surface area (Å²) in [5, 5.41) is 9.91. The Hall–Kier alpha value is -2.14. The number of hydrogen-bond acceptors (Lipinski definition) is 5. The summed E-state index contributed by atoms with van der Waals surface area (Å²) in [4.78, 5) is 20.4. The number of carbonyl (C=O) groups is 1. The van der Waals surface area contributed by atoms with Crippen LogP contribution < -0.4 is 0 Å². The topological polar surface area (TPSA) is 62.1 Å². The molecule has 1 saturated carbocycles. The van der Waals surface area contributed by atoms with E-state index < -0.39 is 0 Å². The maximum atomic E-state index is 13.0. The summed E-state index contributed by atoms with van der Waals surface area (Å²) in [5.41, 5.74) is 3.98. The van der Waals surface area contributed by atoms with Gasteiger partial charge in [0.05, 0.1) is 24.1 Å². The summed E-state index contributed by atoms with van der Waals surface area (Å²) in [6.45, 7) is 3.94. The molecule has 3 aliphatic heterocycles. The van der Waals surface area contributed by atoms with Crippen LogP contribution in [0.2, 0.25) is 0 Å². The van der Waals surface area contributed by atoms with E-state index >= 15 is 0 Å². The highest BCUT2D eigenvalue weighted by molar-refractivity contribution is 6.09. The first-order valence-corrected chi connectivity index (χ1v) is 8.99. The highest BCUT2D eigenvalue weighted by Crippen LogP contribution is 2.60. The van der Waals surface area contributed by atoms with Gasteiger partial charge in [0.25, 0.3) is 0 Å². The summed E-state index contributed by atoms with van der Waals surface area (Å²) in [6, 6.07) is 5.70. The minimum atomic E-state index is -0.380. The zero-order chi connectivity index (χ0) is 17.3. The molecule has 0 amide bonds. The maximum absolute atomic E-state index is 13.0. The van der Waals surface area contributed by atoms with E-state index in [1.165, 1.54) is 12.7 Å². The number of piperidine rings is 2. The molecular formula is C20H22N2O3. The van der Waals surface area contributed by atoms with Crippen LogP contribution in [0.5, 0.6) is 5.75 Å². The monoisotopic (exact) mass is 338 g/mol. The van der Waals surface area contributed by atoms with Crippen molar-refractivity contribution >= 4 is 17.4 Å². The van der Waals surface area contributed by atoms with Gasteiger partial charge in [-0.2, -0.15) is 0 Å². The van der Waals surface area contributed by atoms with Gasteiger partial charge in [0.15, 0.2) is 0 Å². The van der Waals surface area contributed by atoms with Gasteiger partial charge in [-0.1, -0.05) is 17.7 Å². The van der Waals surface area contributed by atoms with E-state index in [1.54, 1.807) is 12.1 Å². The number of methoxy groups -OCH3 is 1. The van der Waals surface area contributed by atoms with Crippen molar-refractivity contribution in [3.63, 3.8) is 0 Å². The predicted octanol–water partition coefficient (Wildman–Crippen LogP) is 2.56. The molecule has 130 valence electrons. The lowest BCUT2D eigenvalue weighted by molar-refractivity contribution is -0.151. The molecule has 1 aromatic carbocycles. The summed E-state index contributed by atoms with van der Waals surface area (Å²) >= 11 is 0. The van der Waals surface area contributed by atoms with Gasteiger partial charge < -0.3 is 9.84 Å². The second-order valence-electron chi connectivity index (χ2n) is 7.61. The standard InChI is InChI=1S/C20H22N2O3/c1-3-11-10-22-7-6-20-14-5-4-12(23)8-15(14)21-18(20)16(22)9-13(11)17(20)19(24)25-2/h3-5,8,13,16-17,23H,6-7,9-10H2,1-2H3/t13-,16-,17+,20-/m1/s1. The van der Waals surface area contributed by atoms with E-state index in [1.807, 2.05) is 6.07 Å². The third kappa shape index (κ3) is 1.72. The molecule has 0 radical (unpaired) electrons. The lowest BCUT2D eigenvalue weighted by Crippen LogP contribution is -2.68. The number of carbonyl (C=O) groups excluding carboxylic acids is 1. The van der Waals surface area contributed by atoms with E-state index in [9.17, 15) is 9.90 Å². The first-order chi connectivity index (χ1) is 12.1. The molecule has 0 unspecified atom stereocenters. The average Bonchev–Trinajstić information content (AvgIpc) is 2.95. The number of ether oxygens (including phenoxy) is 1. The number of allylic oxidation sites excluding steroid dienone is 1. The van der Waals surface area contributed by atoms with Gasteiger partial charge in [-0.15, -0.1) is 0 Å². The molecule has 0 spiro atoms. The van der Waals surface area contributed by atoms with E-state index in [4.69, 9.17) is 9.73 Å². The summed E-state index contributed by atoms with van der Waals surface area (Å²) in [7, 11) is 1.49. The lowest BCUT2D eigenvalue weighted by Gasteiger charge is -2.59. The van der Waals surface area contributed by atoms with Gasteiger partial charge in [-0.05, 0) is 37.3 Å². The number of aromatic hydroxyl groups is 1. The van der Waals surface area contributed by atoms with Crippen LogP contribution in [0.4, 0.5) is 5.69 Å². The Balaban J connectivity index is 1.78. The van der Waals surface area contributed by atoms with Gasteiger partial charge in [0.1, 0.15) is 5.75 Å². The van der Waals surface area contributed by atoms with Crippen molar-refractivity contribution in [2.24, 2.45) is 16.8 Å². The molecule has 0 aromatic heterocycles. The summed E-state index contributed by atoms with van der Waals surface area (Å²) in [6.07, 6.45) is 3.99. The molecular weight excluding hydrogens is 316 g/mol. The molecule has 4 aliphatic rings. The molecule has 1 N–H and O–H groups in total. The van der Waals surface area contributed by atoms with Crippen LogP contribution in [0, 0.1) is 11.8 Å². The normalized spacial score (nSPS) is 36.8. The van der Waals surface area contributed by atoms with Gasteiger partial charge in [0.2, 0.25) is 0 Å². The quantitative estimate of drug-likeness (QED) is 0.631. The lowest BCUT2D eigenvalue weighted by atomic mass is 9.51. The molecule has 5 nitrogen and oxygen atoms in total. The molecule has 3 heterocycles. The number of esters is 1. The summed E-state index contributed by atoms with van der Waals surface area (Å²) in [5.74, 6) is 0.0659. The van der Waals surface area contributed by atoms with Crippen molar-refractivity contribution in [2.45, 2.75) is 31.2 Å². The Bertz CT molecular complexity index is 843. The van der Waals surface area contributed by atoms with Crippen molar-refractivity contribution < 1.29 is 14.6 Å². The number of phenolic OH excluding ortho intramolecular Hbond substituents is 1. The van der Waals surface area contributed by atoms with Crippen LogP contribution in [-0.2, 0) is 14.9 Å². The van der Waals surface area contributed by atoms with Crippen LogP contribution in [0.3, 0.4) is 0 Å². The molecule has 4 atom stereocenters. The van der Waals surface area contributed by atoms with Crippen molar-refractivity contribution in [1.29, 1.82) is 0 Å². The Labute approximate surface area is 147 Å². The zero-order valence-corrected chi connectivity index (χ0v) is 14.5. The van der Waals surface area contributed by atoms with Crippen LogP contribution in [0.1, 0.15) is 25.3 Å². The SMILES string of the molecule is CC=C1CN2CC[C@@]34C(=Nc5cc(O)ccc53)[C@H]2C[C@H]1[C@H]4C(=O)OC. The van der Waals surface area contributed by atoms with Crippen molar-refractivity contribution in [1.82, 2.24) is 4.90 Å². The minimum Gasteiger partial charge on any atom is -0.508 e. The minimum absolute atomic E-state index is 0.133. The Kier molecular flexibility index (Phi) is 2.99. The van der Waals surface area contributed by atoms with Crippen molar-refractivity contribution in [2.75, 3.05) is 20.2 Å². The first kappa shape index (κ1) is 15.1. The number of benzene rings is 1. The highest BCUT2D eigenvalue weighted by Gasteiger charge is 2.65. The third-order valence-corrected chi connectivity index (χ3v) is 6.81. The average molecular weight is 338 g/mol. The Morgan fingerprint density at radius 3 is 3.08 bits per heavy atom. The zero-order valence-electron chi connectivity index (χ0n) is 14.5. The van der Waals surface area contributed by atoms with Crippen molar-refractivity contribution in [3.8, 4) is 5.75 Å². The highest BCUT2D eigenvalue weighted by atomic mass is 16.5. The number of hydrogen-bond donors (Lipinski definition) is 1. The van der Waals surface area contributed by atoms with Crippen molar-refractivity contribution in [3.05, 3.63) is 35.4 Å². The molecule has 1 aliphatic carbocycles. The van der Waals surface area contributed by atoms with Gasteiger partial charge >= 0.3 is 5.97 Å². The fourth-order valence-corrected chi connectivity index (χ4v) is 5.81. The second kappa shape index (κ2) is 4.94. The molecule has 3 fully saturated rings. The van der Waals surface area contributed by atoms with E-state index in [0.717, 1.165) is 42.9 Å². The largest absolute Gasteiger partial charge is 0.508 e. The third-order valence-electron chi connectivity index (χ3n) is 6.81. The summed E-state index contributed by atoms with van der Waals surface area (Å²) < 4.78 is 5.28. The maximum Gasteiger partial charge on any atom is 0.310 e.